The SMILES string of the molecule is CC(CN1CCOCC1)OC(=O)CCC(F)(F)C(F)(F)C(F)F. The minimum Gasteiger partial charge on any atom is -0.461 e. The summed E-state index contributed by atoms with van der Waals surface area (Å²) in [5, 5.41) is 0. The van der Waals surface area contributed by atoms with Gasteiger partial charge in [-0.1, -0.05) is 0 Å². The molecular formula is C13H19F6NO3. The second-order valence-electron chi connectivity index (χ2n) is 5.34. The number of halogens is 6. The number of nitrogens with zero attached hydrogens (tertiary/aromatic N) is 1. The maximum absolute atomic E-state index is 13.1. The molecule has 0 radical (unpaired) electrons. The Balaban J connectivity index is 2.38. The third kappa shape index (κ3) is 5.83. The number of hydrogen-bond acceptors (Lipinski definition) is 4. The summed E-state index contributed by atoms with van der Waals surface area (Å²) in [4.78, 5) is 13.3. The monoisotopic (exact) mass is 351 g/mol. The number of carbonyl (C=O) groups excluding carboxylic acids is 1. The van der Waals surface area contributed by atoms with Crippen LogP contribution in [0, 0.1) is 0 Å². The third-order valence-electron chi connectivity index (χ3n) is 3.36. The number of ether oxygens (including phenoxy) is 2. The van der Waals surface area contributed by atoms with Gasteiger partial charge >= 0.3 is 24.2 Å². The second-order valence-corrected chi connectivity index (χ2v) is 5.34. The fourth-order valence-corrected chi connectivity index (χ4v) is 2.05. The van der Waals surface area contributed by atoms with E-state index in [4.69, 9.17) is 9.47 Å². The van der Waals surface area contributed by atoms with Gasteiger partial charge in [0.25, 0.3) is 0 Å². The molecule has 1 heterocycles. The molecule has 1 rings (SSSR count). The van der Waals surface area contributed by atoms with E-state index in [0.717, 1.165) is 0 Å². The molecular weight excluding hydrogens is 332 g/mol. The van der Waals surface area contributed by atoms with Crippen molar-refractivity contribution in [1.82, 2.24) is 4.90 Å². The molecule has 0 amide bonds. The Labute approximate surface area is 129 Å². The van der Waals surface area contributed by atoms with Crippen molar-refractivity contribution in [2.24, 2.45) is 0 Å². The number of alkyl halides is 6. The summed E-state index contributed by atoms with van der Waals surface area (Å²) < 4.78 is 85.3. The summed E-state index contributed by atoms with van der Waals surface area (Å²) in [6.07, 6.45) is -7.91. The van der Waals surface area contributed by atoms with Gasteiger partial charge in [-0.25, -0.2) is 8.78 Å². The van der Waals surface area contributed by atoms with Crippen LogP contribution in [0.15, 0.2) is 0 Å². The molecule has 0 aromatic carbocycles. The molecule has 0 bridgehead atoms. The van der Waals surface area contributed by atoms with Crippen LogP contribution in [0.25, 0.3) is 0 Å². The summed E-state index contributed by atoms with van der Waals surface area (Å²) >= 11 is 0. The van der Waals surface area contributed by atoms with Crippen molar-refractivity contribution in [3.8, 4) is 0 Å². The predicted molar refractivity (Wildman–Crippen MR) is 67.9 cm³/mol. The zero-order valence-corrected chi connectivity index (χ0v) is 12.5. The van der Waals surface area contributed by atoms with Crippen LogP contribution in [0.1, 0.15) is 19.8 Å². The minimum absolute atomic E-state index is 0.346. The van der Waals surface area contributed by atoms with E-state index in [1.165, 1.54) is 6.92 Å². The number of carbonyl (C=O) groups is 1. The summed E-state index contributed by atoms with van der Waals surface area (Å²) in [7, 11) is 0. The Hall–Kier alpha value is -1.03. The van der Waals surface area contributed by atoms with Crippen LogP contribution in [-0.4, -0.2) is 68.1 Å². The maximum Gasteiger partial charge on any atom is 0.369 e. The van der Waals surface area contributed by atoms with Gasteiger partial charge in [0, 0.05) is 26.1 Å². The van der Waals surface area contributed by atoms with Crippen molar-refractivity contribution in [3.63, 3.8) is 0 Å². The molecule has 1 aliphatic heterocycles. The molecule has 10 heteroatoms. The molecule has 0 aromatic rings. The first-order valence-corrected chi connectivity index (χ1v) is 7.09. The molecule has 1 aliphatic rings. The lowest BCUT2D eigenvalue weighted by Gasteiger charge is -2.29. The highest BCUT2D eigenvalue weighted by molar-refractivity contribution is 5.69. The molecule has 136 valence electrons. The van der Waals surface area contributed by atoms with Crippen LogP contribution in [0.4, 0.5) is 26.3 Å². The Morgan fingerprint density at radius 1 is 1.22 bits per heavy atom. The van der Waals surface area contributed by atoms with Crippen molar-refractivity contribution < 1.29 is 40.6 Å². The molecule has 4 nitrogen and oxygen atoms in total. The largest absolute Gasteiger partial charge is 0.461 e. The van der Waals surface area contributed by atoms with Crippen LogP contribution in [-0.2, 0) is 14.3 Å². The molecule has 1 fully saturated rings. The first-order chi connectivity index (χ1) is 10.6. The van der Waals surface area contributed by atoms with E-state index in [-0.39, 0.29) is 0 Å². The summed E-state index contributed by atoms with van der Waals surface area (Å²) in [5.74, 6) is -11.6. The molecule has 1 unspecified atom stereocenters. The van der Waals surface area contributed by atoms with E-state index in [1.807, 2.05) is 4.90 Å². The summed E-state index contributed by atoms with van der Waals surface area (Å²) in [6, 6.07) is 0. The molecule has 0 aliphatic carbocycles. The molecule has 0 saturated carbocycles. The van der Waals surface area contributed by atoms with Crippen LogP contribution in [0.3, 0.4) is 0 Å². The smallest absolute Gasteiger partial charge is 0.369 e. The highest BCUT2D eigenvalue weighted by Crippen LogP contribution is 2.42. The first kappa shape index (κ1) is 20.0. The average Bonchev–Trinajstić information content (AvgIpc) is 2.45. The number of hydrogen-bond donors (Lipinski definition) is 0. The lowest BCUT2D eigenvalue weighted by molar-refractivity contribution is -0.266. The molecule has 1 saturated heterocycles. The van der Waals surface area contributed by atoms with Gasteiger partial charge in [-0.3, -0.25) is 9.69 Å². The van der Waals surface area contributed by atoms with E-state index >= 15 is 0 Å². The normalized spacial score (nSPS) is 19.0. The van der Waals surface area contributed by atoms with Crippen molar-refractivity contribution in [3.05, 3.63) is 0 Å². The van der Waals surface area contributed by atoms with Gasteiger partial charge in [-0.2, -0.15) is 17.6 Å². The quantitative estimate of drug-likeness (QED) is 0.498. The first-order valence-electron chi connectivity index (χ1n) is 7.09. The topological polar surface area (TPSA) is 38.8 Å². The fourth-order valence-electron chi connectivity index (χ4n) is 2.05. The van der Waals surface area contributed by atoms with Crippen molar-refractivity contribution >= 4 is 5.97 Å². The van der Waals surface area contributed by atoms with E-state index in [1.54, 1.807) is 0 Å². The fraction of sp³-hybridized carbons (Fsp3) is 0.923. The molecule has 1 atom stereocenters. The van der Waals surface area contributed by atoms with Gasteiger partial charge in [0.1, 0.15) is 6.10 Å². The van der Waals surface area contributed by atoms with Gasteiger partial charge < -0.3 is 9.47 Å². The lowest BCUT2D eigenvalue weighted by Crippen LogP contribution is -2.46. The Morgan fingerprint density at radius 2 is 1.78 bits per heavy atom. The summed E-state index contributed by atoms with van der Waals surface area (Å²) in [5.41, 5.74) is 0. The highest BCUT2D eigenvalue weighted by Gasteiger charge is 2.62. The Morgan fingerprint density at radius 3 is 2.30 bits per heavy atom. The summed E-state index contributed by atoms with van der Waals surface area (Å²) in [6.45, 7) is 4.17. The number of morpholine rings is 1. The van der Waals surface area contributed by atoms with Crippen LogP contribution < -0.4 is 0 Å². The molecule has 23 heavy (non-hydrogen) atoms. The molecule has 0 aromatic heterocycles. The van der Waals surface area contributed by atoms with E-state index in [0.29, 0.717) is 32.8 Å². The Bertz CT molecular complexity index is 388. The van der Waals surface area contributed by atoms with E-state index in [9.17, 15) is 31.1 Å². The Kier molecular flexibility index (Phi) is 7.12. The standard InChI is InChI=1S/C13H19F6NO3/c1-9(8-20-4-6-22-7-5-20)23-10(21)2-3-12(16,17)13(18,19)11(14)15/h9,11H,2-8H2,1H3. The van der Waals surface area contributed by atoms with Gasteiger partial charge in [-0.05, 0) is 6.92 Å². The van der Waals surface area contributed by atoms with Gasteiger partial charge in [0.2, 0.25) is 0 Å². The number of esters is 1. The van der Waals surface area contributed by atoms with Gasteiger partial charge in [-0.15, -0.1) is 0 Å². The maximum atomic E-state index is 13.1. The highest BCUT2D eigenvalue weighted by atomic mass is 19.3. The second kappa shape index (κ2) is 8.18. The van der Waals surface area contributed by atoms with Crippen LogP contribution in [0.2, 0.25) is 0 Å². The van der Waals surface area contributed by atoms with Crippen molar-refractivity contribution in [2.45, 2.75) is 44.1 Å². The third-order valence-corrected chi connectivity index (χ3v) is 3.36. The lowest BCUT2D eigenvalue weighted by atomic mass is 10.1. The number of rotatable bonds is 8. The van der Waals surface area contributed by atoms with Gasteiger partial charge in [0.05, 0.1) is 19.6 Å². The van der Waals surface area contributed by atoms with Crippen molar-refractivity contribution in [2.75, 3.05) is 32.8 Å². The van der Waals surface area contributed by atoms with Gasteiger partial charge in [0.15, 0.2) is 0 Å². The minimum atomic E-state index is -5.48. The van der Waals surface area contributed by atoms with Crippen molar-refractivity contribution in [1.29, 1.82) is 0 Å². The zero-order valence-electron chi connectivity index (χ0n) is 12.5. The predicted octanol–water partition coefficient (Wildman–Crippen LogP) is 2.57. The van der Waals surface area contributed by atoms with Crippen LogP contribution >= 0.6 is 0 Å². The average molecular weight is 351 g/mol. The zero-order chi connectivity index (χ0) is 17.7. The van der Waals surface area contributed by atoms with Crippen LogP contribution in [0.5, 0.6) is 0 Å². The molecule has 0 N–H and O–H groups in total. The van der Waals surface area contributed by atoms with E-state index < -0.39 is 43.2 Å². The molecule has 0 spiro atoms. The van der Waals surface area contributed by atoms with E-state index in [2.05, 4.69) is 0 Å².